The number of hydrogen-bond donors (Lipinski definition) is 0. The Bertz CT molecular complexity index is 494. The van der Waals surface area contributed by atoms with Gasteiger partial charge in [-0.05, 0) is 30.2 Å². The first-order valence-electron chi connectivity index (χ1n) is 7.13. The summed E-state index contributed by atoms with van der Waals surface area (Å²) < 4.78 is 16.1. The second-order valence-corrected chi connectivity index (χ2v) is 4.46. The molecule has 0 unspecified atom stereocenters. The summed E-state index contributed by atoms with van der Waals surface area (Å²) in [5.74, 6) is 0.854. The minimum Gasteiger partial charge on any atom is -0.491 e. The summed E-state index contributed by atoms with van der Waals surface area (Å²) in [4.78, 5) is 0. The fourth-order valence-electron chi connectivity index (χ4n) is 1.91. The predicted molar refractivity (Wildman–Crippen MR) is 84.4 cm³/mol. The average molecular weight is 285 g/mol. The summed E-state index contributed by atoms with van der Waals surface area (Å²) >= 11 is 0. The highest BCUT2D eigenvalue weighted by Gasteiger charge is 1.98. The molecule has 2 aromatic rings. The molecule has 0 heterocycles. The molecular formula is C18H21O3. The molecule has 3 nitrogen and oxygen atoms in total. The van der Waals surface area contributed by atoms with Gasteiger partial charge in [-0.2, -0.15) is 0 Å². The van der Waals surface area contributed by atoms with Crippen molar-refractivity contribution in [3.8, 4) is 16.9 Å². The second kappa shape index (κ2) is 9.16. The third kappa shape index (κ3) is 5.58. The molecule has 0 aliphatic carbocycles. The largest absolute Gasteiger partial charge is 0.491 e. The van der Waals surface area contributed by atoms with E-state index in [0.717, 1.165) is 5.75 Å². The van der Waals surface area contributed by atoms with Gasteiger partial charge >= 0.3 is 0 Å². The van der Waals surface area contributed by atoms with Gasteiger partial charge in [0.2, 0.25) is 0 Å². The van der Waals surface area contributed by atoms with Crippen LogP contribution in [0.5, 0.6) is 5.75 Å². The summed E-state index contributed by atoms with van der Waals surface area (Å²) in [6, 6.07) is 18.4. The summed E-state index contributed by atoms with van der Waals surface area (Å²) in [6.45, 7) is 6.31. The molecule has 0 aliphatic heterocycles. The van der Waals surface area contributed by atoms with Crippen LogP contribution in [0.25, 0.3) is 11.1 Å². The van der Waals surface area contributed by atoms with Crippen LogP contribution in [0.15, 0.2) is 54.6 Å². The number of benzene rings is 2. The molecular weight excluding hydrogens is 264 g/mol. The summed E-state index contributed by atoms with van der Waals surface area (Å²) in [5.41, 5.74) is 2.39. The molecule has 111 valence electrons. The zero-order chi connectivity index (χ0) is 14.8. The van der Waals surface area contributed by atoms with Crippen LogP contribution in [0.1, 0.15) is 0 Å². The Morgan fingerprint density at radius 3 is 2.00 bits per heavy atom. The van der Waals surface area contributed by atoms with Crippen LogP contribution in [0.3, 0.4) is 0 Å². The number of rotatable bonds is 9. The van der Waals surface area contributed by atoms with E-state index in [1.54, 1.807) is 0 Å². The second-order valence-electron chi connectivity index (χ2n) is 4.46. The molecule has 2 rings (SSSR count). The quantitative estimate of drug-likeness (QED) is 0.659. The summed E-state index contributed by atoms with van der Waals surface area (Å²) in [7, 11) is 0. The first kappa shape index (κ1) is 15.5. The molecule has 3 heteroatoms. The normalized spacial score (nSPS) is 10.5. The molecule has 0 fully saturated rings. The van der Waals surface area contributed by atoms with Crippen molar-refractivity contribution in [1.82, 2.24) is 0 Å². The van der Waals surface area contributed by atoms with E-state index in [1.807, 2.05) is 30.3 Å². The highest BCUT2D eigenvalue weighted by Crippen LogP contribution is 2.21. The molecule has 0 amide bonds. The van der Waals surface area contributed by atoms with E-state index in [4.69, 9.17) is 14.2 Å². The van der Waals surface area contributed by atoms with Crippen LogP contribution in [-0.4, -0.2) is 33.0 Å². The minimum atomic E-state index is 0.480. The lowest BCUT2D eigenvalue weighted by Crippen LogP contribution is -2.10. The van der Waals surface area contributed by atoms with Crippen LogP contribution in [-0.2, 0) is 9.47 Å². The van der Waals surface area contributed by atoms with Crippen molar-refractivity contribution in [2.75, 3.05) is 33.0 Å². The molecule has 0 saturated carbocycles. The van der Waals surface area contributed by atoms with Crippen LogP contribution in [0.4, 0.5) is 0 Å². The molecule has 2 aromatic carbocycles. The molecule has 1 radical (unpaired) electrons. The van der Waals surface area contributed by atoms with Crippen molar-refractivity contribution in [2.24, 2.45) is 0 Å². The van der Waals surface area contributed by atoms with Crippen molar-refractivity contribution in [2.45, 2.75) is 0 Å². The van der Waals surface area contributed by atoms with Gasteiger partial charge in [0.05, 0.1) is 19.8 Å². The van der Waals surface area contributed by atoms with E-state index in [0.29, 0.717) is 33.0 Å². The standard InChI is InChI=1S/C18H21O3/c1-2-19-12-13-20-14-15-21-18-10-8-17(9-11-18)16-6-4-3-5-7-16/h3-11H,1-2,12-15H2. The van der Waals surface area contributed by atoms with Crippen molar-refractivity contribution in [1.29, 1.82) is 0 Å². The van der Waals surface area contributed by atoms with Crippen LogP contribution >= 0.6 is 0 Å². The van der Waals surface area contributed by atoms with Crippen molar-refractivity contribution in [3.63, 3.8) is 0 Å². The fraction of sp³-hybridized carbons (Fsp3) is 0.278. The highest BCUT2D eigenvalue weighted by molar-refractivity contribution is 5.63. The molecule has 21 heavy (non-hydrogen) atoms. The van der Waals surface area contributed by atoms with E-state index in [-0.39, 0.29) is 0 Å². The summed E-state index contributed by atoms with van der Waals surface area (Å²) in [5, 5.41) is 0. The van der Waals surface area contributed by atoms with Gasteiger partial charge < -0.3 is 14.2 Å². The Morgan fingerprint density at radius 1 is 0.667 bits per heavy atom. The lowest BCUT2D eigenvalue weighted by Gasteiger charge is -2.08. The number of ether oxygens (including phenoxy) is 3. The Labute approximate surface area is 126 Å². The van der Waals surface area contributed by atoms with Gasteiger partial charge in [0.25, 0.3) is 0 Å². The Hall–Kier alpha value is -1.84. The third-order valence-electron chi connectivity index (χ3n) is 2.97. The van der Waals surface area contributed by atoms with Crippen molar-refractivity contribution >= 4 is 0 Å². The van der Waals surface area contributed by atoms with Crippen LogP contribution < -0.4 is 4.74 Å². The minimum absolute atomic E-state index is 0.480. The summed E-state index contributed by atoms with van der Waals surface area (Å²) in [6.07, 6.45) is 0. The van der Waals surface area contributed by atoms with E-state index < -0.39 is 0 Å². The van der Waals surface area contributed by atoms with Gasteiger partial charge in [0.1, 0.15) is 12.4 Å². The van der Waals surface area contributed by atoms with Crippen molar-refractivity contribution < 1.29 is 14.2 Å². The predicted octanol–water partition coefficient (Wildman–Crippen LogP) is 3.60. The maximum atomic E-state index is 5.63. The van der Waals surface area contributed by atoms with Gasteiger partial charge in [-0.15, -0.1) is 0 Å². The van der Waals surface area contributed by atoms with Crippen LogP contribution in [0, 0.1) is 6.92 Å². The van der Waals surface area contributed by atoms with Gasteiger partial charge in [-0.25, -0.2) is 0 Å². The fourth-order valence-corrected chi connectivity index (χ4v) is 1.91. The zero-order valence-corrected chi connectivity index (χ0v) is 12.2. The molecule has 0 bridgehead atoms. The van der Waals surface area contributed by atoms with E-state index in [9.17, 15) is 0 Å². The van der Waals surface area contributed by atoms with Gasteiger partial charge in [0, 0.05) is 6.61 Å². The molecule has 0 aliphatic rings. The lowest BCUT2D eigenvalue weighted by molar-refractivity contribution is 0.0445. The maximum Gasteiger partial charge on any atom is 0.119 e. The smallest absolute Gasteiger partial charge is 0.119 e. The highest BCUT2D eigenvalue weighted by atomic mass is 16.5. The Balaban J connectivity index is 1.71. The lowest BCUT2D eigenvalue weighted by atomic mass is 10.1. The Kier molecular flexibility index (Phi) is 6.78. The van der Waals surface area contributed by atoms with E-state index >= 15 is 0 Å². The van der Waals surface area contributed by atoms with E-state index in [1.165, 1.54) is 11.1 Å². The molecule has 0 spiro atoms. The first-order chi connectivity index (χ1) is 10.4. The molecule has 0 N–H and O–H groups in total. The van der Waals surface area contributed by atoms with Gasteiger partial charge in [0.15, 0.2) is 0 Å². The zero-order valence-electron chi connectivity index (χ0n) is 12.2. The SMILES string of the molecule is [CH2]COCCOCCOc1ccc(-c2ccccc2)cc1. The molecule has 0 aromatic heterocycles. The first-order valence-corrected chi connectivity index (χ1v) is 7.13. The van der Waals surface area contributed by atoms with Gasteiger partial charge in [-0.1, -0.05) is 42.5 Å². The van der Waals surface area contributed by atoms with Crippen molar-refractivity contribution in [3.05, 3.63) is 61.5 Å². The Morgan fingerprint density at radius 2 is 1.29 bits per heavy atom. The average Bonchev–Trinajstić information content (AvgIpc) is 2.55. The number of hydrogen-bond acceptors (Lipinski definition) is 3. The topological polar surface area (TPSA) is 27.7 Å². The van der Waals surface area contributed by atoms with E-state index in [2.05, 4.69) is 31.2 Å². The molecule has 0 atom stereocenters. The monoisotopic (exact) mass is 285 g/mol. The van der Waals surface area contributed by atoms with Gasteiger partial charge in [-0.3, -0.25) is 0 Å². The maximum absolute atomic E-state index is 5.63. The van der Waals surface area contributed by atoms with Crippen LogP contribution in [0.2, 0.25) is 0 Å². The molecule has 0 saturated heterocycles. The third-order valence-corrected chi connectivity index (χ3v) is 2.97.